The van der Waals surface area contributed by atoms with E-state index in [2.05, 4.69) is 0 Å². The van der Waals surface area contributed by atoms with Crippen LogP contribution in [-0.4, -0.2) is 58.6 Å². The molecule has 0 bridgehead atoms. The quantitative estimate of drug-likeness (QED) is 0.335. The number of hydrogen-bond donors (Lipinski definition) is 5. The van der Waals surface area contributed by atoms with E-state index in [9.17, 15) is 0 Å². The minimum atomic E-state index is -1.25. The second kappa shape index (κ2) is 4.88. The Bertz CT molecular complexity index is 131. The van der Waals surface area contributed by atoms with Gasteiger partial charge in [-0.1, -0.05) is 6.92 Å². The summed E-state index contributed by atoms with van der Waals surface area (Å²) in [5.74, 6) is 0. The molecule has 0 aliphatic heterocycles. The van der Waals surface area contributed by atoms with Crippen molar-refractivity contribution in [2.75, 3.05) is 33.0 Å². The van der Waals surface area contributed by atoms with Gasteiger partial charge in [0, 0.05) is 10.8 Å². The van der Waals surface area contributed by atoms with Gasteiger partial charge in [-0.25, -0.2) is 0 Å². The van der Waals surface area contributed by atoms with Crippen LogP contribution in [-0.2, 0) is 0 Å². The molecule has 5 nitrogen and oxygen atoms in total. The highest BCUT2D eigenvalue weighted by Crippen LogP contribution is 2.37. The first-order chi connectivity index (χ1) is 6.05. The molecule has 0 atom stereocenters. The Morgan fingerprint density at radius 2 is 1.00 bits per heavy atom. The standard InChI is InChI=1S/C8H18O5/c1-7(2-9,3-10)8(4-11,5-12)6-13/h9-13H,2-6H2,1H3. The zero-order chi connectivity index (χ0) is 10.5. The molecular weight excluding hydrogens is 176 g/mol. The average molecular weight is 194 g/mol. The van der Waals surface area contributed by atoms with E-state index in [1.54, 1.807) is 0 Å². The Balaban J connectivity index is 4.87. The van der Waals surface area contributed by atoms with Gasteiger partial charge in [0.15, 0.2) is 0 Å². The Morgan fingerprint density at radius 3 is 1.08 bits per heavy atom. The van der Waals surface area contributed by atoms with Gasteiger partial charge in [-0.05, 0) is 0 Å². The summed E-state index contributed by atoms with van der Waals surface area (Å²) in [6.07, 6.45) is 0. The van der Waals surface area contributed by atoms with Crippen molar-refractivity contribution in [2.45, 2.75) is 6.92 Å². The van der Waals surface area contributed by atoms with Crippen LogP contribution in [0.1, 0.15) is 6.92 Å². The lowest BCUT2D eigenvalue weighted by Gasteiger charge is -2.43. The van der Waals surface area contributed by atoms with Crippen molar-refractivity contribution in [1.82, 2.24) is 0 Å². The molecule has 0 amide bonds. The summed E-state index contributed by atoms with van der Waals surface area (Å²) in [6, 6.07) is 0. The van der Waals surface area contributed by atoms with E-state index in [4.69, 9.17) is 25.5 Å². The molecule has 0 aromatic heterocycles. The van der Waals surface area contributed by atoms with Gasteiger partial charge in [0.1, 0.15) is 0 Å². The number of hydrogen-bond acceptors (Lipinski definition) is 5. The van der Waals surface area contributed by atoms with Crippen molar-refractivity contribution in [3.8, 4) is 0 Å². The van der Waals surface area contributed by atoms with Gasteiger partial charge < -0.3 is 25.5 Å². The predicted molar refractivity (Wildman–Crippen MR) is 46.0 cm³/mol. The molecule has 0 heterocycles. The van der Waals surface area contributed by atoms with Crippen molar-refractivity contribution in [2.24, 2.45) is 10.8 Å². The lowest BCUT2D eigenvalue weighted by Crippen LogP contribution is -2.52. The Morgan fingerprint density at radius 1 is 0.692 bits per heavy atom. The molecule has 0 aromatic rings. The molecule has 0 aliphatic rings. The molecule has 5 heteroatoms. The van der Waals surface area contributed by atoms with Crippen LogP contribution in [0.25, 0.3) is 0 Å². The Kier molecular flexibility index (Phi) is 4.80. The molecule has 13 heavy (non-hydrogen) atoms. The van der Waals surface area contributed by atoms with E-state index < -0.39 is 43.9 Å². The van der Waals surface area contributed by atoms with Gasteiger partial charge in [-0.2, -0.15) is 0 Å². The molecular formula is C8H18O5. The fourth-order valence-corrected chi connectivity index (χ4v) is 1.11. The van der Waals surface area contributed by atoms with Gasteiger partial charge in [-0.15, -0.1) is 0 Å². The Labute approximate surface area is 77.3 Å². The smallest absolute Gasteiger partial charge is 0.0538 e. The van der Waals surface area contributed by atoms with Crippen molar-refractivity contribution >= 4 is 0 Å². The van der Waals surface area contributed by atoms with Gasteiger partial charge in [0.05, 0.1) is 33.0 Å². The van der Waals surface area contributed by atoms with Gasteiger partial charge in [-0.3, -0.25) is 0 Å². The third kappa shape index (κ3) is 2.00. The zero-order valence-corrected chi connectivity index (χ0v) is 7.77. The number of aliphatic hydroxyl groups excluding tert-OH is 5. The summed E-state index contributed by atoms with van der Waals surface area (Å²) in [4.78, 5) is 0. The van der Waals surface area contributed by atoms with Crippen molar-refractivity contribution in [3.05, 3.63) is 0 Å². The largest absolute Gasteiger partial charge is 0.396 e. The van der Waals surface area contributed by atoms with Crippen LogP contribution in [0.5, 0.6) is 0 Å². The summed E-state index contributed by atoms with van der Waals surface area (Å²) < 4.78 is 0. The second-order valence-electron chi connectivity index (χ2n) is 3.63. The van der Waals surface area contributed by atoms with E-state index in [0.717, 1.165) is 0 Å². The molecule has 0 unspecified atom stereocenters. The van der Waals surface area contributed by atoms with Crippen molar-refractivity contribution in [1.29, 1.82) is 0 Å². The third-order valence-corrected chi connectivity index (χ3v) is 2.89. The van der Waals surface area contributed by atoms with Gasteiger partial charge in [0.25, 0.3) is 0 Å². The lowest BCUT2D eigenvalue weighted by atomic mass is 9.66. The summed E-state index contributed by atoms with van der Waals surface area (Å²) in [7, 11) is 0. The predicted octanol–water partition coefficient (Wildman–Crippen LogP) is -2.06. The van der Waals surface area contributed by atoms with E-state index >= 15 is 0 Å². The maximum Gasteiger partial charge on any atom is 0.0538 e. The second-order valence-corrected chi connectivity index (χ2v) is 3.63. The topological polar surface area (TPSA) is 101 Å². The van der Waals surface area contributed by atoms with Crippen molar-refractivity contribution < 1.29 is 25.5 Å². The molecule has 0 spiro atoms. The normalized spacial score (nSPS) is 13.4. The van der Waals surface area contributed by atoms with Crippen molar-refractivity contribution in [3.63, 3.8) is 0 Å². The summed E-state index contributed by atoms with van der Waals surface area (Å²) in [5, 5.41) is 45.1. The van der Waals surface area contributed by atoms with Crippen LogP contribution in [0.15, 0.2) is 0 Å². The first-order valence-electron chi connectivity index (χ1n) is 4.10. The Hall–Kier alpha value is -0.200. The zero-order valence-electron chi connectivity index (χ0n) is 7.77. The molecule has 0 aromatic carbocycles. The first kappa shape index (κ1) is 12.8. The van der Waals surface area contributed by atoms with Crippen LogP contribution in [0.4, 0.5) is 0 Å². The van der Waals surface area contributed by atoms with Gasteiger partial charge >= 0.3 is 0 Å². The van der Waals surface area contributed by atoms with E-state index in [0.29, 0.717) is 0 Å². The van der Waals surface area contributed by atoms with Crippen LogP contribution in [0.3, 0.4) is 0 Å². The van der Waals surface area contributed by atoms with E-state index in [1.807, 2.05) is 0 Å². The molecule has 0 rings (SSSR count). The highest BCUT2D eigenvalue weighted by atomic mass is 16.3. The molecule has 0 saturated carbocycles. The molecule has 5 N–H and O–H groups in total. The highest BCUT2D eigenvalue weighted by Gasteiger charge is 2.46. The van der Waals surface area contributed by atoms with Gasteiger partial charge in [0.2, 0.25) is 0 Å². The molecule has 80 valence electrons. The SMILES string of the molecule is CC(CO)(CO)C(CO)(CO)CO. The molecule has 0 fully saturated rings. The summed E-state index contributed by atoms with van der Waals surface area (Å²) in [6.45, 7) is -0.793. The number of aliphatic hydroxyl groups is 5. The van der Waals surface area contributed by atoms with Crippen LogP contribution < -0.4 is 0 Å². The molecule has 0 aliphatic carbocycles. The fourth-order valence-electron chi connectivity index (χ4n) is 1.11. The maximum absolute atomic E-state index is 9.03. The van der Waals surface area contributed by atoms with Crippen LogP contribution in [0.2, 0.25) is 0 Å². The lowest BCUT2D eigenvalue weighted by molar-refractivity contribution is -0.126. The summed E-state index contributed by atoms with van der Waals surface area (Å²) in [5.41, 5.74) is -2.35. The monoisotopic (exact) mass is 194 g/mol. The first-order valence-corrected chi connectivity index (χ1v) is 4.10. The highest BCUT2D eigenvalue weighted by molar-refractivity contribution is 4.94. The average Bonchev–Trinajstić information content (AvgIpc) is 2.20. The molecule has 0 saturated heterocycles. The maximum atomic E-state index is 9.03. The number of rotatable bonds is 6. The summed E-state index contributed by atoms with van der Waals surface area (Å²) >= 11 is 0. The van der Waals surface area contributed by atoms with E-state index in [1.165, 1.54) is 6.92 Å². The van der Waals surface area contributed by atoms with Crippen LogP contribution in [0, 0.1) is 10.8 Å². The minimum absolute atomic E-state index is 0.412. The van der Waals surface area contributed by atoms with E-state index in [-0.39, 0.29) is 0 Å². The minimum Gasteiger partial charge on any atom is -0.396 e. The fraction of sp³-hybridized carbons (Fsp3) is 1.00. The molecule has 0 radical (unpaired) electrons. The third-order valence-electron chi connectivity index (χ3n) is 2.89. The van der Waals surface area contributed by atoms with Crippen LogP contribution >= 0.6 is 0 Å².